The summed E-state index contributed by atoms with van der Waals surface area (Å²) in [6.07, 6.45) is 0.939. The average molecular weight is 523 g/mol. The molecule has 1 aromatic heterocycles. The molecule has 1 atom stereocenters. The Labute approximate surface area is 183 Å². The van der Waals surface area contributed by atoms with Crippen LogP contribution in [0.2, 0.25) is 0 Å². The Morgan fingerprint density at radius 2 is 1.97 bits per heavy atom. The number of benzene rings is 2. The van der Waals surface area contributed by atoms with Gasteiger partial charge in [-0.15, -0.1) is 0 Å². The third kappa shape index (κ3) is 4.73. The predicted molar refractivity (Wildman–Crippen MR) is 118 cm³/mol. The first kappa shape index (κ1) is 21.2. The minimum absolute atomic E-state index is 0.291. The summed E-state index contributed by atoms with van der Waals surface area (Å²) in [5.41, 5.74) is 0.833. The second-order valence-corrected chi connectivity index (χ2v) is 8.02. The zero-order valence-electron chi connectivity index (χ0n) is 15.6. The molecule has 9 heteroatoms. The van der Waals surface area contributed by atoms with Gasteiger partial charge in [-0.05, 0) is 43.3 Å². The first-order valence-electron chi connectivity index (χ1n) is 8.74. The van der Waals surface area contributed by atoms with Gasteiger partial charge in [0.25, 0.3) is 5.56 Å². The van der Waals surface area contributed by atoms with Crippen LogP contribution in [0.3, 0.4) is 0 Å². The van der Waals surface area contributed by atoms with E-state index in [9.17, 15) is 9.59 Å². The number of ether oxygens (including phenoxy) is 1. The number of carbonyl (C=O) groups is 1. The summed E-state index contributed by atoms with van der Waals surface area (Å²) >= 11 is 6.75. The molecule has 0 saturated heterocycles. The Kier molecular flexibility index (Phi) is 6.49. The highest BCUT2D eigenvalue weighted by Gasteiger charge is 2.15. The van der Waals surface area contributed by atoms with E-state index in [1.165, 1.54) is 17.8 Å². The lowest BCUT2D eigenvalue weighted by Gasteiger charge is -2.13. The zero-order valence-corrected chi connectivity index (χ0v) is 18.8. The molecule has 1 N–H and O–H groups in total. The molecular formula is C20H17Br2N3O4. The van der Waals surface area contributed by atoms with E-state index in [0.29, 0.717) is 34.5 Å². The van der Waals surface area contributed by atoms with E-state index in [4.69, 9.17) is 9.84 Å². The minimum atomic E-state index is -1.08. The highest BCUT2D eigenvalue weighted by Crippen LogP contribution is 2.23. The van der Waals surface area contributed by atoms with Gasteiger partial charge in [-0.25, -0.2) is 9.78 Å². The maximum Gasteiger partial charge on any atom is 0.344 e. The third-order valence-corrected chi connectivity index (χ3v) is 5.11. The number of rotatable bonds is 6. The first-order valence-corrected chi connectivity index (χ1v) is 10.3. The fourth-order valence-electron chi connectivity index (χ4n) is 2.63. The van der Waals surface area contributed by atoms with E-state index in [1.54, 1.807) is 30.3 Å². The van der Waals surface area contributed by atoms with Gasteiger partial charge >= 0.3 is 5.97 Å². The molecule has 0 spiro atoms. The Bertz CT molecular complexity index is 1170. The highest BCUT2D eigenvalue weighted by molar-refractivity contribution is 9.10. The van der Waals surface area contributed by atoms with Gasteiger partial charge in [0, 0.05) is 20.9 Å². The van der Waals surface area contributed by atoms with Crippen molar-refractivity contribution in [2.75, 3.05) is 0 Å². The Morgan fingerprint density at radius 1 is 1.28 bits per heavy atom. The van der Waals surface area contributed by atoms with Gasteiger partial charge in [0.05, 0.1) is 17.1 Å². The number of fused-ring (bicyclic) bond motifs is 1. The average Bonchev–Trinajstić information content (AvgIpc) is 2.69. The van der Waals surface area contributed by atoms with Crippen LogP contribution in [-0.4, -0.2) is 33.1 Å². The second kappa shape index (κ2) is 8.87. The molecule has 0 fully saturated rings. The lowest BCUT2D eigenvalue weighted by molar-refractivity contribution is -0.144. The van der Waals surface area contributed by atoms with Crippen LogP contribution in [0.15, 0.2) is 55.2 Å². The van der Waals surface area contributed by atoms with E-state index >= 15 is 0 Å². The molecule has 0 aliphatic rings. The summed E-state index contributed by atoms with van der Waals surface area (Å²) in [5.74, 6) is -0.225. The molecule has 0 saturated carbocycles. The Hall–Kier alpha value is -2.52. The van der Waals surface area contributed by atoms with Crippen LogP contribution < -0.4 is 10.3 Å². The molecule has 0 bridgehead atoms. The topological polar surface area (TPSA) is 93.8 Å². The van der Waals surface area contributed by atoms with Crippen molar-refractivity contribution in [1.29, 1.82) is 0 Å². The number of hydrogen-bond acceptors (Lipinski definition) is 5. The van der Waals surface area contributed by atoms with E-state index < -0.39 is 12.1 Å². The number of carboxylic acid groups (broad SMARTS) is 1. The minimum Gasteiger partial charge on any atom is -0.479 e. The summed E-state index contributed by atoms with van der Waals surface area (Å²) in [6.45, 7) is 3.33. The van der Waals surface area contributed by atoms with E-state index in [-0.39, 0.29) is 5.56 Å². The van der Waals surface area contributed by atoms with Crippen molar-refractivity contribution in [1.82, 2.24) is 9.66 Å². The quantitative estimate of drug-likeness (QED) is 0.489. The normalized spacial score (nSPS) is 12.4. The smallest absolute Gasteiger partial charge is 0.344 e. The SMILES string of the molecule is CCc1nc2ccc(Br)cc2c(=O)n1N=Cc1cc(Br)ccc1O[C@@H](C)C(=O)O. The van der Waals surface area contributed by atoms with Gasteiger partial charge in [-0.3, -0.25) is 4.79 Å². The molecule has 0 amide bonds. The fraction of sp³-hybridized carbons (Fsp3) is 0.200. The van der Waals surface area contributed by atoms with Gasteiger partial charge in [-0.2, -0.15) is 9.78 Å². The summed E-state index contributed by atoms with van der Waals surface area (Å²) in [6, 6.07) is 10.4. The second-order valence-electron chi connectivity index (χ2n) is 6.19. The van der Waals surface area contributed by atoms with E-state index in [2.05, 4.69) is 41.9 Å². The number of aryl methyl sites for hydroxylation is 1. The molecule has 1 heterocycles. The van der Waals surface area contributed by atoms with Crippen molar-refractivity contribution in [2.24, 2.45) is 5.10 Å². The van der Waals surface area contributed by atoms with Gasteiger partial charge in [0.1, 0.15) is 11.6 Å². The predicted octanol–water partition coefficient (Wildman–Crippen LogP) is 4.22. The number of carboxylic acids is 1. The van der Waals surface area contributed by atoms with Crippen molar-refractivity contribution in [2.45, 2.75) is 26.4 Å². The van der Waals surface area contributed by atoms with Crippen LogP contribution in [0.5, 0.6) is 5.75 Å². The van der Waals surface area contributed by atoms with E-state index in [1.807, 2.05) is 13.0 Å². The molecule has 3 rings (SSSR count). The van der Waals surface area contributed by atoms with Crippen LogP contribution in [0.1, 0.15) is 25.2 Å². The summed E-state index contributed by atoms with van der Waals surface area (Å²) < 4.78 is 8.29. The molecule has 0 unspecified atom stereocenters. The van der Waals surface area contributed by atoms with Gasteiger partial charge in [-0.1, -0.05) is 38.8 Å². The maximum absolute atomic E-state index is 13.0. The van der Waals surface area contributed by atoms with E-state index in [0.717, 1.165) is 8.95 Å². The summed E-state index contributed by atoms with van der Waals surface area (Å²) in [7, 11) is 0. The summed E-state index contributed by atoms with van der Waals surface area (Å²) in [5, 5.41) is 13.9. The van der Waals surface area contributed by atoms with Crippen LogP contribution in [-0.2, 0) is 11.2 Å². The zero-order chi connectivity index (χ0) is 21.1. The van der Waals surface area contributed by atoms with Gasteiger partial charge in [0.15, 0.2) is 6.10 Å². The molecule has 150 valence electrons. The standard InChI is InChI=1S/C20H17Br2N3O4/c1-3-18-24-16-6-4-14(22)9-15(16)19(26)25(18)23-10-12-8-13(21)5-7-17(12)29-11(2)20(27)28/h4-11H,3H2,1-2H3,(H,27,28)/t11-/m0/s1. The van der Waals surface area contributed by atoms with Crippen molar-refractivity contribution in [3.8, 4) is 5.75 Å². The number of halogens is 2. The highest BCUT2D eigenvalue weighted by atomic mass is 79.9. The monoisotopic (exact) mass is 521 g/mol. The summed E-state index contributed by atoms with van der Waals surface area (Å²) in [4.78, 5) is 28.6. The number of hydrogen-bond donors (Lipinski definition) is 1. The molecule has 7 nitrogen and oxygen atoms in total. The molecular weight excluding hydrogens is 506 g/mol. The maximum atomic E-state index is 13.0. The van der Waals surface area contributed by atoms with Crippen molar-refractivity contribution in [3.63, 3.8) is 0 Å². The lowest BCUT2D eigenvalue weighted by Crippen LogP contribution is -2.24. The Morgan fingerprint density at radius 3 is 2.66 bits per heavy atom. The largest absolute Gasteiger partial charge is 0.479 e. The molecule has 2 aromatic carbocycles. The van der Waals surface area contributed by atoms with Crippen LogP contribution in [0.25, 0.3) is 10.9 Å². The molecule has 3 aromatic rings. The lowest BCUT2D eigenvalue weighted by atomic mass is 10.2. The van der Waals surface area contributed by atoms with Crippen LogP contribution in [0, 0.1) is 0 Å². The molecule has 29 heavy (non-hydrogen) atoms. The van der Waals surface area contributed by atoms with Crippen LogP contribution in [0.4, 0.5) is 0 Å². The van der Waals surface area contributed by atoms with Gasteiger partial charge in [0.2, 0.25) is 0 Å². The first-order chi connectivity index (χ1) is 13.8. The van der Waals surface area contributed by atoms with Gasteiger partial charge < -0.3 is 9.84 Å². The number of aromatic nitrogens is 2. The van der Waals surface area contributed by atoms with Crippen molar-refractivity contribution < 1.29 is 14.6 Å². The number of aliphatic carboxylic acids is 1. The number of nitrogens with zero attached hydrogens (tertiary/aromatic N) is 3. The molecule has 0 aliphatic heterocycles. The fourth-order valence-corrected chi connectivity index (χ4v) is 3.37. The van der Waals surface area contributed by atoms with Crippen molar-refractivity contribution >= 4 is 54.9 Å². The molecule has 0 aliphatic carbocycles. The molecule has 0 radical (unpaired) electrons. The third-order valence-electron chi connectivity index (χ3n) is 4.13. The Balaban J connectivity index is 2.09. The van der Waals surface area contributed by atoms with Crippen molar-refractivity contribution in [3.05, 3.63) is 67.1 Å². The van der Waals surface area contributed by atoms with Crippen LogP contribution >= 0.6 is 31.9 Å².